The Kier molecular flexibility index (Phi) is 8.68. The maximum absolute atomic E-state index is 13.7. The van der Waals surface area contributed by atoms with Gasteiger partial charge in [0, 0.05) is 38.3 Å². The van der Waals surface area contributed by atoms with Crippen LogP contribution in [0, 0.1) is 17.3 Å². The second-order valence-electron chi connectivity index (χ2n) is 8.62. The second-order valence-corrected chi connectivity index (χ2v) is 8.62. The van der Waals surface area contributed by atoms with Crippen LogP contribution in [0.4, 0.5) is 44.3 Å². The van der Waals surface area contributed by atoms with Gasteiger partial charge in [0.15, 0.2) is 0 Å². The number of carbonyl (C=O) groups is 2. The van der Waals surface area contributed by atoms with E-state index >= 15 is 0 Å². The smallest absolute Gasteiger partial charge is 0.434 e. The number of nitrogens with zero attached hydrogens (tertiary/aromatic N) is 2. The third kappa shape index (κ3) is 7.91. The number of carboxylic acid groups (broad SMARTS) is 1. The molecule has 1 aliphatic heterocycles. The van der Waals surface area contributed by atoms with Crippen LogP contribution < -0.4 is 0 Å². The number of carbonyl (C=O) groups excluding carboxylic acids is 1. The van der Waals surface area contributed by atoms with Gasteiger partial charge in [-0.25, -0.2) is 4.79 Å². The van der Waals surface area contributed by atoms with Gasteiger partial charge >= 0.3 is 30.6 Å². The molecule has 6 nitrogen and oxygen atoms in total. The van der Waals surface area contributed by atoms with Gasteiger partial charge in [-0.2, -0.15) is 39.5 Å². The van der Waals surface area contributed by atoms with Crippen LogP contribution in [0.2, 0.25) is 0 Å². The van der Waals surface area contributed by atoms with Crippen LogP contribution in [0.25, 0.3) is 0 Å². The Balaban J connectivity index is 2.21. The first-order valence-corrected chi connectivity index (χ1v) is 10.5. The lowest BCUT2D eigenvalue weighted by molar-refractivity contribution is -0.308. The molecule has 0 aromatic heterocycles. The van der Waals surface area contributed by atoms with Gasteiger partial charge in [-0.15, -0.1) is 0 Å². The summed E-state index contributed by atoms with van der Waals surface area (Å²) in [5, 5.41) is 9.19. The van der Waals surface area contributed by atoms with Gasteiger partial charge in [0.2, 0.25) is 0 Å². The van der Waals surface area contributed by atoms with Crippen LogP contribution in [0.15, 0.2) is 18.2 Å². The summed E-state index contributed by atoms with van der Waals surface area (Å²) in [5.74, 6) is 3.57. The van der Waals surface area contributed by atoms with E-state index in [9.17, 15) is 54.2 Å². The third-order valence-corrected chi connectivity index (χ3v) is 5.35. The molecule has 15 heteroatoms. The van der Waals surface area contributed by atoms with Crippen molar-refractivity contribution in [2.24, 2.45) is 5.41 Å². The lowest BCUT2D eigenvalue weighted by atomic mass is 9.93. The Morgan fingerprint density at radius 3 is 1.97 bits per heavy atom. The molecule has 0 aliphatic carbocycles. The number of rotatable bonds is 4. The van der Waals surface area contributed by atoms with Crippen molar-refractivity contribution >= 4 is 12.1 Å². The number of aliphatic carboxylic acids is 1. The van der Waals surface area contributed by atoms with Crippen LogP contribution in [0.1, 0.15) is 30.5 Å². The van der Waals surface area contributed by atoms with E-state index in [0.717, 1.165) is 12.1 Å². The summed E-state index contributed by atoms with van der Waals surface area (Å²) in [5.41, 5.74) is -3.02. The van der Waals surface area contributed by atoms with Crippen molar-refractivity contribution < 1.29 is 58.9 Å². The van der Waals surface area contributed by atoms with Crippen LogP contribution in [0.3, 0.4) is 0 Å². The first-order chi connectivity index (χ1) is 16.7. The topological polar surface area (TPSA) is 70.1 Å². The molecule has 1 N–H and O–H groups in total. The first kappa shape index (κ1) is 30.1. The molecule has 1 fully saturated rings. The van der Waals surface area contributed by atoms with Crippen molar-refractivity contribution in [1.82, 2.24) is 9.80 Å². The molecular formula is C22H21F9N2O4. The van der Waals surface area contributed by atoms with E-state index in [0.29, 0.717) is 4.90 Å². The largest absolute Gasteiger partial charge is 0.480 e. The molecular weight excluding hydrogens is 527 g/mol. The minimum absolute atomic E-state index is 0.107. The Bertz CT molecular complexity index is 1050. The maximum Gasteiger partial charge on any atom is 0.434 e. The molecule has 1 aromatic carbocycles. The van der Waals surface area contributed by atoms with Gasteiger partial charge in [0.1, 0.15) is 5.41 Å². The summed E-state index contributed by atoms with van der Waals surface area (Å²) in [4.78, 5) is 25.2. The van der Waals surface area contributed by atoms with E-state index in [1.54, 1.807) is 0 Å². The lowest BCUT2D eigenvalue weighted by Crippen LogP contribution is -2.52. The number of amides is 1. The average molecular weight is 548 g/mol. The minimum Gasteiger partial charge on any atom is -0.480 e. The van der Waals surface area contributed by atoms with E-state index in [2.05, 4.69) is 16.6 Å². The first-order valence-electron chi connectivity index (χ1n) is 10.5. The molecule has 0 radical (unpaired) electrons. The predicted octanol–water partition coefficient (Wildman–Crippen LogP) is 4.92. The Labute approximate surface area is 205 Å². The average Bonchev–Trinajstić information content (AvgIpc) is 2.74. The van der Waals surface area contributed by atoms with Crippen molar-refractivity contribution in [3.63, 3.8) is 0 Å². The number of hydrogen-bond acceptors (Lipinski definition) is 4. The predicted molar refractivity (Wildman–Crippen MR) is 109 cm³/mol. The van der Waals surface area contributed by atoms with E-state index in [1.807, 2.05) is 0 Å². The summed E-state index contributed by atoms with van der Waals surface area (Å²) >= 11 is 0. The minimum atomic E-state index is -5.89. The van der Waals surface area contributed by atoms with Gasteiger partial charge in [-0.1, -0.05) is 17.9 Å². The van der Waals surface area contributed by atoms with Gasteiger partial charge in [-0.3, -0.25) is 9.69 Å². The fraction of sp³-hybridized carbons (Fsp3) is 0.545. The summed E-state index contributed by atoms with van der Waals surface area (Å²) in [6.45, 7) is 0.913. The van der Waals surface area contributed by atoms with Crippen molar-refractivity contribution in [1.29, 1.82) is 0 Å². The highest BCUT2D eigenvalue weighted by Crippen LogP contribution is 2.37. The van der Waals surface area contributed by atoms with Gasteiger partial charge in [0.05, 0.1) is 5.56 Å². The van der Waals surface area contributed by atoms with Crippen LogP contribution >= 0.6 is 0 Å². The molecule has 1 aromatic rings. The molecule has 206 valence electrons. The van der Waals surface area contributed by atoms with Crippen molar-refractivity contribution in [3.05, 3.63) is 34.9 Å². The maximum atomic E-state index is 13.7. The summed E-state index contributed by atoms with van der Waals surface area (Å²) in [6, 6.07) is 3.15. The standard InChI is InChI=1S/C22H21F9N2O4/c1-19(2,17(34)35)7-6-13-4-3-5-15(20(23,24)25)14(13)12-32-8-10-33(11-9-32)18(36)37-16(21(26,27)28)22(29,30)31/h3-5,16H,8-12H2,1-2H3,(H,34,35). The highest BCUT2D eigenvalue weighted by Gasteiger charge is 2.60. The van der Waals surface area contributed by atoms with Crippen LogP contribution in [0.5, 0.6) is 0 Å². The number of hydrogen-bond donors (Lipinski definition) is 1. The second kappa shape index (κ2) is 10.7. The third-order valence-electron chi connectivity index (χ3n) is 5.35. The molecule has 0 unspecified atom stereocenters. The van der Waals surface area contributed by atoms with Crippen molar-refractivity contribution in [2.45, 2.75) is 45.0 Å². The molecule has 1 amide bonds. The molecule has 0 bridgehead atoms. The van der Waals surface area contributed by atoms with Crippen LogP contribution in [-0.2, 0) is 22.3 Å². The molecule has 1 heterocycles. The number of piperazine rings is 1. The molecule has 1 aliphatic rings. The molecule has 0 spiro atoms. The van der Waals surface area contributed by atoms with Crippen molar-refractivity contribution in [2.75, 3.05) is 26.2 Å². The lowest BCUT2D eigenvalue weighted by Gasteiger charge is -2.35. The normalized spacial score (nSPS) is 15.8. The van der Waals surface area contributed by atoms with Gasteiger partial charge in [-0.05, 0) is 31.5 Å². The summed E-state index contributed by atoms with van der Waals surface area (Å²) in [6.07, 6.45) is -22.8. The molecule has 0 saturated carbocycles. The Morgan fingerprint density at radius 1 is 0.973 bits per heavy atom. The number of alkyl halides is 9. The number of halogens is 9. The van der Waals surface area contributed by atoms with E-state index in [1.165, 1.54) is 24.8 Å². The highest BCUT2D eigenvalue weighted by molar-refractivity contribution is 5.77. The van der Waals surface area contributed by atoms with E-state index in [4.69, 9.17) is 0 Å². The zero-order valence-electron chi connectivity index (χ0n) is 19.3. The fourth-order valence-electron chi connectivity index (χ4n) is 3.22. The Hall–Kier alpha value is -3.15. The Morgan fingerprint density at radius 2 is 1.51 bits per heavy atom. The van der Waals surface area contributed by atoms with E-state index in [-0.39, 0.29) is 30.8 Å². The molecule has 2 rings (SSSR count). The van der Waals surface area contributed by atoms with Crippen molar-refractivity contribution in [3.8, 4) is 11.8 Å². The van der Waals surface area contributed by atoms with E-state index < -0.39 is 60.8 Å². The van der Waals surface area contributed by atoms with Gasteiger partial charge in [0.25, 0.3) is 6.10 Å². The number of benzene rings is 1. The monoisotopic (exact) mass is 548 g/mol. The molecule has 37 heavy (non-hydrogen) atoms. The molecule has 0 atom stereocenters. The summed E-state index contributed by atoms with van der Waals surface area (Å²) < 4.78 is 120. The van der Waals surface area contributed by atoms with Gasteiger partial charge < -0.3 is 14.7 Å². The molecule has 1 saturated heterocycles. The zero-order valence-corrected chi connectivity index (χ0v) is 19.3. The highest BCUT2D eigenvalue weighted by atomic mass is 19.4. The summed E-state index contributed by atoms with van der Waals surface area (Å²) in [7, 11) is 0. The zero-order chi connectivity index (χ0) is 28.4. The quantitative estimate of drug-likeness (QED) is 0.428. The SMILES string of the molecule is CC(C)(C#Cc1cccc(C(F)(F)F)c1CN1CCN(C(=O)OC(C(F)(F)F)C(F)(F)F)CC1)C(=O)O. The number of carboxylic acids is 1. The van der Waals surface area contributed by atoms with Crippen LogP contribution in [-0.4, -0.2) is 71.6 Å². The number of ether oxygens (including phenoxy) is 1. The fourth-order valence-corrected chi connectivity index (χ4v) is 3.22.